The van der Waals surface area contributed by atoms with Gasteiger partial charge in [0.15, 0.2) is 24.8 Å². The number of para-hydroxylation sites is 1. The van der Waals surface area contributed by atoms with Crippen LogP contribution in [0.2, 0.25) is 0 Å². The Kier molecular flexibility index (Phi) is 5.05. The summed E-state index contributed by atoms with van der Waals surface area (Å²) in [4.78, 5) is 18.6. The lowest BCUT2D eigenvalue weighted by Crippen LogP contribution is -2.36. The van der Waals surface area contributed by atoms with Crippen molar-refractivity contribution in [3.63, 3.8) is 0 Å². The molecular weight excluding hydrogens is 347 g/mol. The van der Waals surface area contributed by atoms with Crippen LogP contribution in [0.3, 0.4) is 0 Å². The van der Waals surface area contributed by atoms with Crippen molar-refractivity contribution in [3.8, 4) is 16.8 Å². The van der Waals surface area contributed by atoms with Gasteiger partial charge in [-0.3, -0.25) is 4.57 Å². The highest BCUT2D eigenvalue weighted by Crippen LogP contribution is 2.45. The van der Waals surface area contributed by atoms with Crippen molar-refractivity contribution in [2.45, 2.75) is 26.6 Å². The molecule has 1 aromatic carbocycles. The molecule has 1 unspecified atom stereocenters. The second-order valence-electron chi connectivity index (χ2n) is 6.49. The minimum atomic E-state index is -4.16. The third kappa shape index (κ3) is 3.75. The zero-order chi connectivity index (χ0) is 18.9. The summed E-state index contributed by atoms with van der Waals surface area (Å²) >= 11 is 0. The van der Waals surface area contributed by atoms with Crippen LogP contribution in [0.15, 0.2) is 67.3 Å². The van der Waals surface area contributed by atoms with E-state index >= 15 is 0 Å². The first-order valence-corrected chi connectivity index (χ1v) is 10.1. The highest BCUT2D eigenvalue weighted by atomic mass is 31.2. The zero-order valence-corrected chi connectivity index (χ0v) is 16.0. The average molecular weight is 370 g/mol. The highest BCUT2D eigenvalue weighted by molar-refractivity contribution is 7.51. The second kappa shape index (κ2) is 7.12. The summed E-state index contributed by atoms with van der Waals surface area (Å²) in [6.07, 6.45) is 7.46. The summed E-state index contributed by atoms with van der Waals surface area (Å²) in [6.45, 7) is 5.71. The molecule has 26 heavy (non-hydrogen) atoms. The van der Waals surface area contributed by atoms with E-state index in [1.165, 1.54) is 28.3 Å². The number of aryl methyl sites for hydroxylation is 2. The summed E-state index contributed by atoms with van der Waals surface area (Å²) in [6, 6.07) is 14.1. The Morgan fingerprint density at radius 3 is 1.77 bits per heavy atom. The molecule has 0 saturated carbocycles. The number of hydrogen-bond acceptors (Lipinski definition) is 1. The van der Waals surface area contributed by atoms with E-state index in [9.17, 15) is 14.4 Å². The molecular formula is C20H23N2O3P+2. The minimum Gasteiger partial charge on any atom is -0.320 e. The van der Waals surface area contributed by atoms with Crippen molar-refractivity contribution in [2.75, 3.05) is 0 Å². The predicted molar refractivity (Wildman–Crippen MR) is 99.8 cm³/mol. The van der Waals surface area contributed by atoms with Crippen LogP contribution in [-0.2, 0) is 4.57 Å². The van der Waals surface area contributed by atoms with Crippen LogP contribution in [0.1, 0.15) is 23.8 Å². The normalized spacial score (nSPS) is 12.8. The molecule has 0 bridgehead atoms. The topological polar surface area (TPSA) is 65.3 Å². The molecule has 0 aliphatic rings. The van der Waals surface area contributed by atoms with E-state index in [1.54, 1.807) is 12.4 Å². The van der Waals surface area contributed by atoms with Gasteiger partial charge in [-0.25, -0.2) is 0 Å². The summed E-state index contributed by atoms with van der Waals surface area (Å²) in [7, 11) is -4.16. The summed E-state index contributed by atoms with van der Waals surface area (Å²) < 4.78 is 15.0. The molecule has 0 aliphatic carbocycles. The molecule has 2 aromatic heterocycles. The molecule has 2 N–H and O–H groups in total. The first-order chi connectivity index (χ1) is 12.3. The van der Waals surface area contributed by atoms with E-state index in [2.05, 4.69) is 36.6 Å². The molecule has 0 saturated heterocycles. The van der Waals surface area contributed by atoms with Crippen molar-refractivity contribution in [1.82, 2.24) is 0 Å². The van der Waals surface area contributed by atoms with E-state index < -0.39 is 13.4 Å². The van der Waals surface area contributed by atoms with Crippen LogP contribution < -0.4 is 9.13 Å². The molecule has 3 aromatic rings. The Morgan fingerprint density at radius 1 is 0.846 bits per heavy atom. The van der Waals surface area contributed by atoms with Gasteiger partial charge in [-0.1, -0.05) is 18.2 Å². The Labute approximate surface area is 153 Å². The van der Waals surface area contributed by atoms with Gasteiger partial charge in [-0.2, -0.15) is 9.13 Å². The quantitative estimate of drug-likeness (QED) is 0.547. The standard InChI is InChI=1S/C20H21N2O3P/c1-15-5-4-6-16(2)20(15)22-13-9-19(10-14-22)18-7-11-21(12-8-18)17(3)26(23,24)25/h4-14,17H,1-3H3/p+2. The number of benzene rings is 1. The van der Waals surface area contributed by atoms with Crippen molar-refractivity contribution < 1.29 is 23.5 Å². The highest BCUT2D eigenvalue weighted by Gasteiger charge is 2.32. The molecule has 134 valence electrons. The Bertz CT molecular complexity index is 943. The molecule has 1 atom stereocenters. The van der Waals surface area contributed by atoms with E-state index in [0.29, 0.717) is 0 Å². The lowest BCUT2D eigenvalue weighted by atomic mass is 10.1. The number of nitrogens with zero attached hydrogens (tertiary/aromatic N) is 2. The van der Waals surface area contributed by atoms with Gasteiger partial charge in [0, 0.05) is 42.3 Å². The first-order valence-electron chi connectivity index (χ1n) is 8.41. The van der Waals surface area contributed by atoms with E-state index in [0.717, 1.165) is 11.1 Å². The van der Waals surface area contributed by atoms with Gasteiger partial charge in [-0.05, 0) is 25.0 Å². The smallest absolute Gasteiger partial charge is 0.320 e. The van der Waals surface area contributed by atoms with E-state index in [-0.39, 0.29) is 0 Å². The largest absolute Gasteiger partial charge is 0.392 e. The zero-order valence-electron chi connectivity index (χ0n) is 15.1. The maximum Gasteiger partial charge on any atom is 0.392 e. The fraction of sp³-hybridized carbons (Fsp3) is 0.200. The van der Waals surface area contributed by atoms with Crippen LogP contribution in [-0.4, -0.2) is 9.79 Å². The molecule has 3 rings (SSSR count). The summed E-state index contributed by atoms with van der Waals surface area (Å²) in [5.41, 5.74) is 5.65. The third-order valence-electron chi connectivity index (χ3n) is 4.63. The lowest BCUT2D eigenvalue weighted by molar-refractivity contribution is -0.701. The number of hydrogen-bond donors (Lipinski definition) is 2. The Hall–Kier alpha value is -2.33. The molecule has 0 spiro atoms. The fourth-order valence-electron chi connectivity index (χ4n) is 3.03. The first kappa shape index (κ1) is 18.5. The molecule has 0 amide bonds. The van der Waals surface area contributed by atoms with Gasteiger partial charge in [0.2, 0.25) is 5.69 Å². The van der Waals surface area contributed by atoms with Gasteiger partial charge >= 0.3 is 7.60 Å². The maximum atomic E-state index is 11.4. The van der Waals surface area contributed by atoms with Gasteiger partial charge in [0.05, 0.1) is 0 Å². The minimum absolute atomic E-state index is 0.876. The van der Waals surface area contributed by atoms with Crippen molar-refractivity contribution in [2.24, 2.45) is 0 Å². The van der Waals surface area contributed by atoms with Crippen molar-refractivity contribution in [3.05, 3.63) is 78.4 Å². The van der Waals surface area contributed by atoms with Gasteiger partial charge < -0.3 is 9.79 Å². The van der Waals surface area contributed by atoms with Gasteiger partial charge in [0.25, 0.3) is 5.78 Å². The average Bonchev–Trinajstić information content (AvgIpc) is 2.61. The molecule has 2 heterocycles. The van der Waals surface area contributed by atoms with Crippen LogP contribution >= 0.6 is 7.60 Å². The molecule has 5 nitrogen and oxygen atoms in total. The lowest BCUT2D eigenvalue weighted by Gasteiger charge is -2.09. The maximum absolute atomic E-state index is 11.4. The molecule has 0 fully saturated rings. The number of rotatable bonds is 4. The van der Waals surface area contributed by atoms with Gasteiger partial charge in [-0.15, -0.1) is 0 Å². The Balaban J connectivity index is 1.89. The van der Waals surface area contributed by atoms with Gasteiger partial charge in [0.1, 0.15) is 0 Å². The summed E-state index contributed by atoms with van der Waals surface area (Å²) in [5.74, 6) is -0.876. The van der Waals surface area contributed by atoms with Crippen LogP contribution in [0.25, 0.3) is 16.8 Å². The second-order valence-corrected chi connectivity index (χ2v) is 8.42. The molecule has 0 aliphatic heterocycles. The van der Waals surface area contributed by atoms with Crippen LogP contribution in [0.5, 0.6) is 0 Å². The van der Waals surface area contributed by atoms with Crippen molar-refractivity contribution >= 4 is 7.60 Å². The van der Waals surface area contributed by atoms with Crippen LogP contribution in [0, 0.1) is 13.8 Å². The summed E-state index contributed by atoms with van der Waals surface area (Å²) in [5, 5.41) is 0. The number of pyridine rings is 2. The monoisotopic (exact) mass is 370 g/mol. The fourth-order valence-corrected chi connectivity index (χ4v) is 3.54. The van der Waals surface area contributed by atoms with Crippen LogP contribution in [0.4, 0.5) is 0 Å². The molecule has 6 heteroatoms. The SMILES string of the molecule is Cc1cccc(C)c1-[n+]1ccc(-c2cc[n+](C(C)P(=O)(O)O)cc2)cc1. The third-order valence-corrected chi connectivity index (χ3v) is 5.87. The Morgan fingerprint density at radius 2 is 1.31 bits per heavy atom. The van der Waals surface area contributed by atoms with E-state index in [4.69, 9.17) is 0 Å². The van der Waals surface area contributed by atoms with E-state index in [1.807, 2.05) is 36.7 Å². The van der Waals surface area contributed by atoms with Crippen molar-refractivity contribution in [1.29, 1.82) is 0 Å². The number of aromatic nitrogens is 2. The molecule has 0 radical (unpaired) electrons. The predicted octanol–water partition coefficient (Wildman–Crippen LogP) is 3.23.